The summed E-state index contributed by atoms with van der Waals surface area (Å²) in [4.78, 5) is 14.0. The number of nitrogens with two attached hydrogens (primary N) is 1. The Morgan fingerprint density at radius 2 is 2.25 bits per heavy atom. The van der Waals surface area contributed by atoms with Crippen molar-refractivity contribution in [2.45, 2.75) is 5.03 Å². The molecule has 0 atom stereocenters. The third-order valence-electron chi connectivity index (χ3n) is 1.17. The number of nitrogen functional groups attached to an aromatic ring is 1. The van der Waals surface area contributed by atoms with E-state index in [0.29, 0.717) is 4.68 Å². The molecule has 0 fully saturated rings. The molecule has 0 aliphatic rings. The first-order chi connectivity index (χ1) is 5.43. The van der Waals surface area contributed by atoms with Crippen molar-refractivity contribution in [2.75, 3.05) is 12.1 Å². The van der Waals surface area contributed by atoms with Crippen molar-refractivity contribution in [3.63, 3.8) is 0 Å². The van der Waals surface area contributed by atoms with Gasteiger partial charge in [0.15, 0.2) is 21.1 Å². The monoisotopic (exact) mass is 188 g/mol. The van der Waals surface area contributed by atoms with Crippen LogP contribution in [0.5, 0.6) is 0 Å². The number of sulfone groups is 1. The van der Waals surface area contributed by atoms with Crippen molar-refractivity contribution in [2.24, 2.45) is 0 Å². The maximum absolute atomic E-state index is 10.9. The van der Waals surface area contributed by atoms with Crippen molar-refractivity contribution in [1.29, 1.82) is 0 Å². The van der Waals surface area contributed by atoms with Crippen LogP contribution in [0.2, 0.25) is 0 Å². The highest BCUT2D eigenvalue weighted by Crippen LogP contribution is 1.99. The molecule has 2 N–H and O–H groups in total. The Kier molecular flexibility index (Phi) is 1.89. The lowest BCUT2D eigenvalue weighted by Gasteiger charge is -2.01. The highest BCUT2D eigenvalue weighted by Gasteiger charge is 2.12. The summed E-state index contributed by atoms with van der Waals surface area (Å²) < 4.78 is 22.3. The molecule has 12 heavy (non-hydrogen) atoms. The molecule has 1 heterocycles. The van der Waals surface area contributed by atoms with Gasteiger partial charge in [0.1, 0.15) is 0 Å². The smallest absolute Gasteiger partial charge is 0.298 e. The van der Waals surface area contributed by atoms with E-state index in [1.54, 1.807) is 0 Å². The molecule has 1 aromatic heterocycles. The summed E-state index contributed by atoms with van der Waals surface area (Å²) in [6.45, 7) is 0. The zero-order chi connectivity index (χ0) is 9.35. The van der Waals surface area contributed by atoms with Gasteiger partial charge in [-0.2, -0.15) is 0 Å². The number of aromatic nitrogens is 2. The second-order valence-corrected chi connectivity index (χ2v) is 4.12. The molecule has 0 amide bonds. The van der Waals surface area contributed by atoms with Crippen molar-refractivity contribution in [3.05, 3.63) is 22.7 Å². The van der Waals surface area contributed by atoms with E-state index in [2.05, 4.69) is 4.98 Å². The maximum atomic E-state index is 10.9. The van der Waals surface area contributed by atoms with Crippen LogP contribution in [0.15, 0.2) is 16.0 Å². The van der Waals surface area contributed by atoms with E-state index in [0.717, 1.165) is 12.5 Å². The molecule has 1 radical (unpaired) electrons. The number of nitrogens with zero attached hydrogens (tertiary/aromatic N) is 2. The Morgan fingerprint density at radius 3 is 2.67 bits per heavy atom. The van der Waals surface area contributed by atoms with Gasteiger partial charge in [0.2, 0.25) is 0 Å². The Bertz CT molecular complexity index is 447. The number of hydrogen-bond acceptors (Lipinski definition) is 5. The van der Waals surface area contributed by atoms with Gasteiger partial charge < -0.3 is 5.84 Å². The zero-order valence-electron chi connectivity index (χ0n) is 6.18. The van der Waals surface area contributed by atoms with E-state index in [9.17, 15) is 13.2 Å². The summed E-state index contributed by atoms with van der Waals surface area (Å²) in [6.07, 6.45) is 3.89. The minimum Gasteiger partial charge on any atom is -0.335 e. The lowest BCUT2D eigenvalue weighted by atomic mass is 10.7. The van der Waals surface area contributed by atoms with Crippen molar-refractivity contribution >= 4 is 9.84 Å². The molecule has 0 aliphatic heterocycles. The molecule has 0 spiro atoms. The van der Waals surface area contributed by atoms with Gasteiger partial charge in [-0.3, -0.25) is 4.79 Å². The predicted octanol–water partition coefficient (Wildman–Crippen LogP) is -1.84. The number of rotatable bonds is 1. The summed E-state index contributed by atoms with van der Waals surface area (Å²) in [7, 11) is -3.50. The molecule has 7 heteroatoms. The van der Waals surface area contributed by atoms with E-state index in [-0.39, 0.29) is 5.03 Å². The van der Waals surface area contributed by atoms with Gasteiger partial charge in [-0.1, -0.05) is 0 Å². The molecule has 6 nitrogen and oxygen atoms in total. The highest BCUT2D eigenvalue weighted by molar-refractivity contribution is 7.90. The van der Waals surface area contributed by atoms with E-state index >= 15 is 0 Å². The molecule has 1 rings (SSSR count). The van der Waals surface area contributed by atoms with Crippen LogP contribution in [0.1, 0.15) is 0 Å². The minimum atomic E-state index is -3.50. The largest absolute Gasteiger partial charge is 0.335 e. The van der Waals surface area contributed by atoms with Crippen molar-refractivity contribution < 1.29 is 8.42 Å². The van der Waals surface area contributed by atoms with Crippen LogP contribution in [0.4, 0.5) is 0 Å². The minimum absolute atomic E-state index is 0.328. The van der Waals surface area contributed by atoms with Gasteiger partial charge in [0.05, 0.1) is 6.20 Å². The first kappa shape index (κ1) is 8.72. The van der Waals surface area contributed by atoms with Crippen LogP contribution in [0.25, 0.3) is 0 Å². The second-order valence-electron chi connectivity index (χ2n) is 2.16. The van der Waals surface area contributed by atoms with Crippen LogP contribution in [-0.4, -0.2) is 24.3 Å². The lowest BCUT2D eigenvalue weighted by Crippen LogP contribution is -2.31. The van der Waals surface area contributed by atoms with Crippen molar-refractivity contribution in [3.8, 4) is 0 Å². The molecule has 0 saturated carbocycles. The molecule has 0 aliphatic carbocycles. The third-order valence-corrected chi connectivity index (χ3v) is 2.23. The maximum Gasteiger partial charge on any atom is 0.298 e. The summed E-state index contributed by atoms with van der Waals surface area (Å²) in [5.41, 5.74) is -0.780. The molecular formula is C5H6N3O3S. The number of hydrogen-bond donors (Lipinski definition) is 1. The van der Waals surface area contributed by atoms with Gasteiger partial charge in [0, 0.05) is 6.26 Å². The lowest BCUT2D eigenvalue weighted by molar-refractivity contribution is 0.589. The first-order valence-electron chi connectivity index (χ1n) is 2.88. The topological polar surface area (TPSA) is 95.0 Å². The summed E-state index contributed by atoms with van der Waals surface area (Å²) >= 11 is 0. The average Bonchev–Trinajstić information content (AvgIpc) is 1.92. The van der Waals surface area contributed by atoms with E-state index in [4.69, 9.17) is 5.84 Å². The molecule has 1 aromatic rings. The van der Waals surface area contributed by atoms with Gasteiger partial charge in [-0.25, -0.2) is 18.1 Å². The molecule has 65 valence electrons. The predicted molar refractivity (Wildman–Crippen MR) is 40.6 cm³/mol. The molecule has 0 unspecified atom stereocenters. The average molecular weight is 188 g/mol. The molecule has 0 saturated heterocycles. The van der Waals surface area contributed by atoms with Crippen LogP contribution in [0, 0.1) is 6.20 Å². The van der Waals surface area contributed by atoms with Gasteiger partial charge in [-0.05, 0) is 0 Å². The first-order valence-corrected chi connectivity index (χ1v) is 4.77. The third kappa shape index (κ3) is 1.45. The Labute approximate surface area is 68.5 Å². The van der Waals surface area contributed by atoms with Crippen LogP contribution in [-0.2, 0) is 9.84 Å². The molecule has 0 bridgehead atoms. The fourth-order valence-electron chi connectivity index (χ4n) is 0.633. The van der Waals surface area contributed by atoms with Crippen LogP contribution in [0.3, 0.4) is 0 Å². The van der Waals surface area contributed by atoms with Gasteiger partial charge >= 0.3 is 0 Å². The van der Waals surface area contributed by atoms with E-state index in [1.807, 2.05) is 6.20 Å². The van der Waals surface area contributed by atoms with Crippen LogP contribution < -0.4 is 11.4 Å². The molecular weight excluding hydrogens is 182 g/mol. The van der Waals surface area contributed by atoms with Gasteiger partial charge in [-0.15, -0.1) is 0 Å². The van der Waals surface area contributed by atoms with Gasteiger partial charge in [0.25, 0.3) is 5.56 Å². The zero-order valence-corrected chi connectivity index (χ0v) is 7.00. The standard InChI is InChI=1S/C5H6N3O3S/c1-12(10,11)5-3-7-2-4(9)8(5)6/h3H,6H2,1H3. The quantitative estimate of drug-likeness (QED) is 0.522. The highest BCUT2D eigenvalue weighted by atomic mass is 32.2. The molecule has 0 aromatic carbocycles. The Balaban J connectivity index is 3.58. The SMILES string of the molecule is CS(=O)(=O)c1cn[c]c(=O)n1N. The Morgan fingerprint density at radius 1 is 1.67 bits per heavy atom. The summed E-state index contributed by atoms with van der Waals surface area (Å²) in [5, 5.41) is -0.328. The summed E-state index contributed by atoms with van der Waals surface area (Å²) in [6, 6.07) is 0. The normalized spacial score (nSPS) is 11.4. The Hall–Kier alpha value is -1.37. The summed E-state index contributed by atoms with van der Waals surface area (Å²) in [5.74, 6) is 5.12. The van der Waals surface area contributed by atoms with Crippen LogP contribution >= 0.6 is 0 Å². The second kappa shape index (κ2) is 2.59. The van der Waals surface area contributed by atoms with Crippen molar-refractivity contribution in [1.82, 2.24) is 9.66 Å². The van der Waals surface area contributed by atoms with E-state index < -0.39 is 15.4 Å². The fourth-order valence-corrected chi connectivity index (χ4v) is 1.32. The fraction of sp³-hybridized carbons (Fsp3) is 0.200. The van der Waals surface area contributed by atoms with E-state index in [1.165, 1.54) is 0 Å².